The molecule has 0 saturated heterocycles. The lowest BCUT2D eigenvalue weighted by Gasteiger charge is -2.06. The molecule has 0 saturated carbocycles. The number of phenols is 1. The van der Waals surface area contributed by atoms with Gasteiger partial charge in [0.2, 0.25) is 0 Å². The smallest absolute Gasteiger partial charge is 0.265 e. The second-order valence-electron chi connectivity index (χ2n) is 2.81. The van der Waals surface area contributed by atoms with E-state index in [9.17, 15) is 13.5 Å². The highest BCUT2D eigenvalue weighted by Crippen LogP contribution is 2.31. The van der Waals surface area contributed by atoms with Crippen LogP contribution in [0.25, 0.3) is 0 Å². The molecule has 0 radical (unpaired) electrons. The maximum absolute atomic E-state index is 11.0. The first kappa shape index (κ1) is 10.3. The van der Waals surface area contributed by atoms with E-state index in [4.69, 9.17) is 10.7 Å². The molecule has 0 bridgehead atoms. The van der Waals surface area contributed by atoms with Gasteiger partial charge in [0.1, 0.15) is 10.6 Å². The third-order valence-electron chi connectivity index (χ3n) is 1.77. The molecule has 5 heteroatoms. The Balaban J connectivity index is 3.62. The Morgan fingerprint density at radius 2 is 1.69 bits per heavy atom. The molecule has 0 aliphatic carbocycles. The van der Waals surface area contributed by atoms with Gasteiger partial charge in [0.25, 0.3) is 9.05 Å². The Morgan fingerprint density at radius 3 is 2.08 bits per heavy atom. The first-order chi connectivity index (χ1) is 5.84. The van der Waals surface area contributed by atoms with E-state index >= 15 is 0 Å². The molecule has 0 unspecified atom stereocenters. The largest absolute Gasteiger partial charge is 0.506 e. The fraction of sp³-hybridized carbons (Fsp3) is 0.250. The summed E-state index contributed by atoms with van der Waals surface area (Å²) in [5.74, 6) is -0.269. The molecule has 0 aromatic heterocycles. The molecule has 0 spiro atoms. The molecule has 0 atom stereocenters. The lowest BCUT2D eigenvalue weighted by molar-refractivity contribution is 0.454. The van der Waals surface area contributed by atoms with Crippen molar-refractivity contribution in [3.63, 3.8) is 0 Å². The minimum Gasteiger partial charge on any atom is -0.506 e. The van der Waals surface area contributed by atoms with Gasteiger partial charge in [-0.2, -0.15) is 0 Å². The van der Waals surface area contributed by atoms with Crippen molar-refractivity contribution in [1.82, 2.24) is 0 Å². The molecule has 3 nitrogen and oxygen atoms in total. The van der Waals surface area contributed by atoms with E-state index in [0.29, 0.717) is 11.1 Å². The van der Waals surface area contributed by atoms with Crippen LogP contribution in [-0.4, -0.2) is 13.5 Å². The number of hydrogen-bond donors (Lipinski definition) is 1. The summed E-state index contributed by atoms with van der Waals surface area (Å²) >= 11 is 0. The summed E-state index contributed by atoms with van der Waals surface area (Å²) < 4.78 is 22.1. The molecule has 0 heterocycles. The summed E-state index contributed by atoms with van der Waals surface area (Å²) in [5.41, 5.74) is 0.933. The summed E-state index contributed by atoms with van der Waals surface area (Å²) in [7, 11) is 1.29. The summed E-state index contributed by atoms with van der Waals surface area (Å²) in [6.45, 7) is 3.19. The predicted octanol–water partition coefficient (Wildman–Crippen LogP) is 1.94. The highest BCUT2D eigenvalue weighted by Gasteiger charge is 2.19. The van der Waals surface area contributed by atoms with Crippen LogP contribution < -0.4 is 0 Å². The minimum absolute atomic E-state index is 0.200. The zero-order valence-electron chi connectivity index (χ0n) is 7.20. The monoisotopic (exact) mass is 220 g/mol. The number of aryl methyl sites for hydroxylation is 2. The van der Waals surface area contributed by atoms with Crippen LogP contribution in [0.15, 0.2) is 17.0 Å². The number of halogens is 1. The Bertz CT molecular complexity index is 437. The van der Waals surface area contributed by atoms with Crippen LogP contribution in [0.4, 0.5) is 0 Å². The second kappa shape index (κ2) is 3.20. The van der Waals surface area contributed by atoms with Gasteiger partial charge in [-0.3, -0.25) is 0 Å². The van der Waals surface area contributed by atoms with Gasteiger partial charge >= 0.3 is 0 Å². The van der Waals surface area contributed by atoms with E-state index in [0.717, 1.165) is 0 Å². The van der Waals surface area contributed by atoms with Crippen LogP contribution in [0.3, 0.4) is 0 Å². The van der Waals surface area contributed by atoms with Gasteiger partial charge in [-0.05, 0) is 25.0 Å². The average molecular weight is 221 g/mol. The van der Waals surface area contributed by atoms with Crippen molar-refractivity contribution in [3.05, 3.63) is 23.3 Å². The number of aromatic hydroxyl groups is 1. The Morgan fingerprint density at radius 1 is 1.23 bits per heavy atom. The number of hydrogen-bond acceptors (Lipinski definition) is 3. The molecule has 1 aromatic carbocycles. The van der Waals surface area contributed by atoms with Gasteiger partial charge in [0.05, 0.1) is 0 Å². The van der Waals surface area contributed by atoms with E-state index < -0.39 is 9.05 Å². The van der Waals surface area contributed by atoms with Crippen molar-refractivity contribution in [1.29, 1.82) is 0 Å². The van der Waals surface area contributed by atoms with Gasteiger partial charge in [-0.15, -0.1) is 0 Å². The highest BCUT2D eigenvalue weighted by atomic mass is 35.7. The Hall–Kier alpha value is -0.740. The summed E-state index contributed by atoms with van der Waals surface area (Å²) in [6.07, 6.45) is 0. The molecule has 1 rings (SSSR count). The third-order valence-corrected chi connectivity index (χ3v) is 3.24. The summed E-state index contributed by atoms with van der Waals surface area (Å²) in [5, 5.41) is 9.45. The molecule has 72 valence electrons. The molecule has 0 aliphatic heterocycles. The zero-order valence-corrected chi connectivity index (χ0v) is 8.78. The zero-order chi connectivity index (χ0) is 10.2. The topological polar surface area (TPSA) is 54.4 Å². The van der Waals surface area contributed by atoms with E-state index in [1.165, 1.54) is 0 Å². The molecule has 0 aliphatic rings. The fourth-order valence-electron chi connectivity index (χ4n) is 1.08. The summed E-state index contributed by atoms with van der Waals surface area (Å²) in [4.78, 5) is -0.200. The van der Waals surface area contributed by atoms with E-state index in [1.807, 2.05) is 0 Å². The normalized spacial score (nSPS) is 11.6. The van der Waals surface area contributed by atoms with Crippen molar-refractivity contribution in [3.8, 4) is 5.75 Å². The van der Waals surface area contributed by atoms with Crippen molar-refractivity contribution in [2.45, 2.75) is 18.7 Å². The molecule has 0 fully saturated rings. The first-order valence-corrected chi connectivity index (χ1v) is 5.89. The van der Waals surface area contributed by atoms with Crippen LogP contribution in [0.1, 0.15) is 11.1 Å². The molecule has 13 heavy (non-hydrogen) atoms. The van der Waals surface area contributed by atoms with Crippen molar-refractivity contribution >= 4 is 19.7 Å². The standard InChI is InChI=1S/C8H9ClO3S/c1-5-3-4-6(2)8(7(5)10)13(9,11)12/h3-4,10H,1-2H3. The van der Waals surface area contributed by atoms with Gasteiger partial charge < -0.3 is 5.11 Å². The van der Waals surface area contributed by atoms with Crippen molar-refractivity contribution < 1.29 is 13.5 Å². The minimum atomic E-state index is -3.86. The maximum atomic E-state index is 11.0. The van der Waals surface area contributed by atoms with Crippen molar-refractivity contribution in [2.75, 3.05) is 0 Å². The van der Waals surface area contributed by atoms with E-state index in [-0.39, 0.29) is 10.6 Å². The molecular formula is C8H9ClO3S. The first-order valence-electron chi connectivity index (χ1n) is 3.58. The van der Waals surface area contributed by atoms with E-state index in [2.05, 4.69) is 0 Å². The number of rotatable bonds is 1. The van der Waals surface area contributed by atoms with Crippen LogP contribution in [-0.2, 0) is 9.05 Å². The van der Waals surface area contributed by atoms with Crippen LogP contribution in [0.2, 0.25) is 0 Å². The van der Waals surface area contributed by atoms with Gasteiger partial charge in [0.15, 0.2) is 0 Å². The summed E-state index contributed by atoms with van der Waals surface area (Å²) in [6, 6.07) is 3.24. The predicted molar refractivity (Wildman–Crippen MR) is 50.6 cm³/mol. The lowest BCUT2D eigenvalue weighted by Crippen LogP contribution is -1.96. The SMILES string of the molecule is Cc1ccc(C)c(S(=O)(=O)Cl)c1O. The van der Waals surface area contributed by atoms with Crippen molar-refractivity contribution in [2.24, 2.45) is 0 Å². The Labute approximate surface area is 81.4 Å². The van der Waals surface area contributed by atoms with E-state index in [1.54, 1.807) is 26.0 Å². The molecule has 1 aromatic rings. The second-order valence-corrected chi connectivity index (χ2v) is 5.32. The Kier molecular flexibility index (Phi) is 2.54. The van der Waals surface area contributed by atoms with Crippen LogP contribution in [0, 0.1) is 13.8 Å². The lowest BCUT2D eigenvalue weighted by atomic mass is 10.1. The van der Waals surface area contributed by atoms with Gasteiger partial charge in [0, 0.05) is 10.7 Å². The van der Waals surface area contributed by atoms with Gasteiger partial charge in [-0.25, -0.2) is 8.42 Å². The van der Waals surface area contributed by atoms with Crippen LogP contribution >= 0.6 is 10.7 Å². The number of phenolic OH excluding ortho intramolecular Hbond substituents is 1. The maximum Gasteiger partial charge on any atom is 0.265 e. The number of benzene rings is 1. The molecular weight excluding hydrogens is 212 g/mol. The highest BCUT2D eigenvalue weighted by molar-refractivity contribution is 8.13. The quantitative estimate of drug-likeness (QED) is 0.736. The fourth-order valence-corrected chi connectivity index (χ4v) is 2.51. The molecule has 1 N–H and O–H groups in total. The van der Waals surface area contributed by atoms with Gasteiger partial charge in [-0.1, -0.05) is 12.1 Å². The average Bonchev–Trinajstić information content (AvgIpc) is 1.95. The molecule has 0 amide bonds. The van der Waals surface area contributed by atoms with Crippen LogP contribution in [0.5, 0.6) is 5.75 Å². The third kappa shape index (κ3) is 1.95.